The van der Waals surface area contributed by atoms with Gasteiger partial charge in [0.15, 0.2) is 5.75 Å². The third kappa shape index (κ3) is 3.83. The number of rotatable bonds is 4. The van der Waals surface area contributed by atoms with Crippen LogP contribution in [-0.2, 0) is 6.54 Å². The number of nitrogens with one attached hydrogen (secondary N) is 1. The summed E-state index contributed by atoms with van der Waals surface area (Å²) >= 11 is 5.88. The van der Waals surface area contributed by atoms with Crippen LogP contribution in [-0.4, -0.2) is 21.2 Å². The van der Waals surface area contributed by atoms with E-state index in [-0.39, 0.29) is 23.2 Å². The number of carbonyl (C=O) groups is 1. The van der Waals surface area contributed by atoms with Crippen LogP contribution in [0.25, 0.3) is 22.5 Å². The largest absolute Gasteiger partial charge is 0.508 e. The predicted octanol–water partition coefficient (Wildman–Crippen LogP) is 4.75. The molecule has 0 saturated heterocycles. The van der Waals surface area contributed by atoms with Crippen LogP contribution < -0.4 is 5.32 Å². The molecule has 0 unspecified atom stereocenters. The van der Waals surface area contributed by atoms with Crippen LogP contribution in [0.5, 0.6) is 17.2 Å². The van der Waals surface area contributed by atoms with Crippen molar-refractivity contribution in [1.82, 2.24) is 5.32 Å². The van der Waals surface area contributed by atoms with Gasteiger partial charge in [0.25, 0.3) is 5.91 Å². The molecule has 1 heterocycles. The molecule has 0 aromatic heterocycles. The summed E-state index contributed by atoms with van der Waals surface area (Å²) in [4.78, 5) is 12.8. The summed E-state index contributed by atoms with van der Waals surface area (Å²) in [5.74, 6) is -0.380. The minimum atomic E-state index is -0.360. The molecule has 0 atom stereocenters. The van der Waals surface area contributed by atoms with Gasteiger partial charge in [-0.2, -0.15) is 0 Å². The van der Waals surface area contributed by atoms with Crippen molar-refractivity contribution in [1.29, 1.82) is 0 Å². The average Bonchev–Trinajstić information content (AvgIpc) is 3.05. The van der Waals surface area contributed by atoms with Crippen LogP contribution in [0.15, 0.2) is 65.3 Å². The normalized spacial score (nSPS) is 10.9. The highest BCUT2D eigenvalue weighted by Crippen LogP contribution is 2.42. The molecule has 1 aliphatic heterocycles. The molecule has 146 valence electrons. The maximum Gasteiger partial charge on any atom is 0.252 e. The topological polar surface area (TPSA) is 103 Å². The Balaban J connectivity index is 1.71. The van der Waals surface area contributed by atoms with E-state index in [0.717, 1.165) is 11.8 Å². The van der Waals surface area contributed by atoms with Gasteiger partial charge in [-0.15, -0.1) is 0 Å². The molecular formula is C22H16ClNO5. The van der Waals surface area contributed by atoms with E-state index in [2.05, 4.69) is 5.32 Å². The summed E-state index contributed by atoms with van der Waals surface area (Å²) < 4.78 is 5.51. The third-order valence-corrected chi connectivity index (χ3v) is 4.73. The maximum atomic E-state index is 12.8. The first-order valence-corrected chi connectivity index (χ1v) is 9.09. The zero-order valence-corrected chi connectivity index (χ0v) is 15.8. The molecule has 29 heavy (non-hydrogen) atoms. The van der Waals surface area contributed by atoms with Gasteiger partial charge in [-0.1, -0.05) is 23.7 Å². The second kappa shape index (κ2) is 7.41. The van der Waals surface area contributed by atoms with Crippen LogP contribution in [0.1, 0.15) is 15.9 Å². The number of fused-ring (bicyclic) bond motifs is 1. The van der Waals surface area contributed by atoms with Crippen molar-refractivity contribution in [2.24, 2.45) is 0 Å². The minimum Gasteiger partial charge on any atom is -0.508 e. The highest BCUT2D eigenvalue weighted by Gasteiger charge is 2.25. The average molecular weight is 410 g/mol. The fourth-order valence-corrected chi connectivity index (χ4v) is 3.29. The van der Waals surface area contributed by atoms with Crippen molar-refractivity contribution in [3.05, 3.63) is 77.0 Å². The molecule has 2 aromatic rings. The van der Waals surface area contributed by atoms with E-state index < -0.39 is 0 Å². The molecule has 0 radical (unpaired) electrons. The molecule has 1 aliphatic carbocycles. The number of hydrogen-bond donors (Lipinski definition) is 4. The number of hydrogen-bond acceptors (Lipinski definition) is 5. The van der Waals surface area contributed by atoms with Crippen LogP contribution in [0.2, 0.25) is 5.02 Å². The van der Waals surface area contributed by atoms with Gasteiger partial charge < -0.3 is 25.1 Å². The Morgan fingerprint density at radius 1 is 0.897 bits per heavy atom. The summed E-state index contributed by atoms with van der Waals surface area (Å²) in [5.41, 5.74) is 2.56. The van der Waals surface area contributed by atoms with Crippen molar-refractivity contribution in [3.8, 4) is 39.7 Å². The van der Waals surface area contributed by atoms with Crippen LogP contribution in [0, 0.1) is 0 Å². The molecule has 0 fully saturated rings. The minimum absolute atomic E-state index is 0.123. The Kier molecular flexibility index (Phi) is 4.78. The number of halogens is 1. The summed E-state index contributed by atoms with van der Waals surface area (Å²) in [7, 11) is 0. The van der Waals surface area contributed by atoms with E-state index in [9.17, 15) is 20.1 Å². The molecule has 0 bridgehead atoms. The molecule has 2 aliphatic rings. The van der Waals surface area contributed by atoms with Crippen LogP contribution in [0.4, 0.5) is 0 Å². The van der Waals surface area contributed by atoms with E-state index in [1.807, 2.05) is 12.1 Å². The van der Waals surface area contributed by atoms with E-state index >= 15 is 0 Å². The Morgan fingerprint density at radius 2 is 1.59 bits per heavy atom. The summed E-state index contributed by atoms with van der Waals surface area (Å²) in [6.07, 6.45) is 1.16. The molecular weight excluding hydrogens is 394 g/mol. The zero-order chi connectivity index (χ0) is 20.5. The lowest BCUT2D eigenvalue weighted by atomic mass is 10.1. The second-order valence-corrected chi connectivity index (χ2v) is 7.00. The molecule has 4 N–H and O–H groups in total. The Morgan fingerprint density at radius 3 is 2.28 bits per heavy atom. The molecule has 4 rings (SSSR count). The Hall–Kier alpha value is -3.64. The lowest BCUT2D eigenvalue weighted by Gasteiger charge is -2.07. The number of phenolic OH excluding ortho intramolecular Hbond substituents is 2. The van der Waals surface area contributed by atoms with Crippen molar-refractivity contribution in [2.45, 2.75) is 6.54 Å². The molecule has 6 nitrogen and oxygen atoms in total. The lowest BCUT2D eigenvalue weighted by molar-refractivity contribution is 0.0951. The fraction of sp³-hybridized carbons (Fsp3) is 0.0455. The third-order valence-electron chi connectivity index (χ3n) is 4.48. The van der Waals surface area contributed by atoms with Crippen LogP contribution >= 0.6 is 11.6 Å². The number of aromatic hydroxyl groups is 3. The number of benzene rings is 2. The SMILES string of the molecule is O=C(NCc1ccc(Cl)cc1)c1cc(-c2cc(O)cc(O)c2)c2occ(O)cc1-2. The Bertz CT molecular complexity index is 1150. The van der Waals surface area contributed by atoms with Crippen molar-refractivity contribution in [3.63, 3.8) is 0 Å². The van der Waals surface area contributed by atoms with Crippen molar-refractivity contribution >= 4 is 17.5 Å². The van der Waals surface area contributed by atoms with Gasteiger partial charge in [-0.05, 0) is 47.5 Å². The van der Waals surface area contributed by atoms with Gasteiger partial charge in [0.05, 0.1) is 5.56 Å². The van der Waals surface area contributed by atoms with E-state index in [1.54, 1.807) is 18.2 Å². The Labute approximate surface area is 171 Å². The molecule has 2 aromatic carbocycles. The maximum absolute atomic E-state index is 12.8. The monoisotopic (exact) mass is 409 g/mol. The number of amides is 1. The summed E-state index contributed by atoms with van der Waals surface area (Å²) in [6.45, 7) is 0.293. The smallest absolute Gasteiger partial charge is 0.252 e. The van der Waals surface area contributed by atoms with Gasteiger partial charge in [0.2, 0.25) is 0 Å². The molecule has 0 spiro atoms. The highest BCUT2D eigenvalue weighted by molar-refractivity contribution is 6.30. The van der Waals surface area contributed by atoms with Crippen molar-refractivity contribution < 1.29 is 24.5 Å². The van der Waals surface area contributed by atoms with E-state index in [4.69, 9.17) is 16.0 Å². The number of carbonyl (C=O) groups excluding carboxylic acids is 1. The second-order valence-electron chi connectivity index (χ2n) is 6.57. The number of phenols is 2. The van der Waals surface area contributed by atoms with Gasteiger partial charge in [-0.3, -0.25) is 4.79 Å². The van der Waals surface area contributed by atoms with Gasteiger partial charge in [0, 0.05) is 28.8 Å². The molecule has 1 amide bonds. The first kappa shape index (κ1) is 18.7. The standard InChI is InChI=1S/C22H16ClNO5/c23-14-3-1-12(2-4-14)10-24-22(28)20-9-18(13-5-15(25)7-16(26)6-13)21-19(20)8-17(27)11-29-21/h1-9,11,25-27H,10H2,(H,24,28). The van der Waals surface area contributed by atoms with Crippen LogP contribution in [0.3, 0.4) is 0 Å². The quantitative estimate of drug-likeness (QED) is 0.389. The zero-order valence-electron chi connectivity index (χ0n) is 15.0. The summed E-state index contributed by atoms with van der Waals surface area (Å²) in [6, 6.07) is 14.2. The highest BCUT2D eigenvalue weighted by atomic mass is 35.5. The fourth-order valence-electron chi connectivity index (χ4n) is 3.16. The first-order valence-electron chi connectivity index (χ1n) is 8.71. The predicted molar refractivity (Wildman–Crippen MR) is 108 cm³/mol. The van der Waals surface area contributed by atoms with Gasteiger partial charge in [0.1, 0.15) is 23.5 Å². The van der Waals surface area contributed by atoms with Crippen molar-refractivity contribution in [2.75, 3.05) is 0 Å². The van der Waals surface area contributed by atoms with E-state index in [0.29, 0.717) is 39.6 Å². The first-order chi connectivity index (χ1) is 13.9. The van der Waals surface area contributed by atoms with E-state index in [1.165, 1.54) is 24.3 Å². The molecule has 0 saturated carbocycles. The van der Waals surface area contributed by atoms with Gasteiger partial charge in [-0.25, -0.2) is 0 Å². The summed E-state index contributed by atoms with van der Waals surface area (Å²) in [5, 5.41) is 32.9. The molecule has 7 heteroatoms. The lowest BCUT2D eigenvalue weighted by Crippen LogP contribution is -2.22. The van der Waals surface area contributed by atoms with Gasteiger partial charge >= 0.3 is 0 Å².